The van der Waals surface area contributed by atoms with E-state index in [1.807, 2.05) is 0 Å². The number of amides is 1. The van der Waals surface area contributed by atoms with Gasteiger partial charge in [0.05, 0.1) is 7.11 Å². The van der Waals surface area contributed by atoms with E-state index in [1.165, 1.54) is 14.2 Å². The minimum atomic E-state index is -0.488. The third-order valence-electron chi connectivity index (χ3n) is 0.989. The fourth-order valence-electron chi connectivity index (χ4n) is 0.434. The van der Waals surface area contributed by atoms with Gasteiger partial charge in [-0.25, -0.2) is 9.80 Å². The highest BCUT2D eigenvalue weighted by molar-refractivity contribution is 5.68. The predicted molar refractivity (Wildman–Crippen MR) is 42.3 cm³/mol. The summed E-state index contributed by atoms with van der Waals surface area (Å²) in [5.74, 6) is 0. The number of hydrogen-bond acceptors (Lipinski definition) is 4. The first-order chi connectivity index (χ1) is 5.22. The van der Waals surface area contributed by atoms with Crippen LogP contribution < -0.4 is 5.73 Å². The number of methoxy groups -OCH3 is 1. The van der Waals surface area contributed by atoms with Crippen LogP contribution in [0.1, 0.15) is 6.42 Å². The van der Waals surface area contributed by atoms with E-state index in [0.29, 0.717) is 13.0 Å². The first kappa shape index (κ1) is 9.90. The van der Waals surface area contributed by atoms with Crippen LogP contribution in [-0.4, -0.2) is 38.0 Å². The molecule has 0 rings (SSSR count). The van der Waals surface area contributed by atoms with Crippen molar-refractivity contribution in [1.82, 2.24) is 5.01 Å². The van der Waals surface area contributed by atoms with Crippen LogP contribution in [0, 0.1) is 0 Å². The van der Waals surface area contributed by atoms with Gasteiger partial charge in [0, 0.05) is 13.3 Å². The number of hydrazone groups is 1. The lowest BCUT2D eigenvalue weighted by molar-refractivity contribution is 0.135. The van der Waals surface area contributed by atoms with Gasteiger partial charge in [0.25, 0.3) is 0 Å². The zero-order valence-electron chi connectivity index (χ0n) is 6.78. The lowest BCUT2D eigenvalue weighted by Gasteiger charge is -2.07. The molecule has 11 heavy (non-hydrogen) atoms. The molecule has 0 aliphatic carbocycles. The van der Waals surface area contributed by atoms with Crippen molar-refractivity contribution in [2.24, 2.45) is 10.8 Å². The minimum absolute atomic E-state index is 0.488. The SMILES string of the molecule is COC(=O)N(C)N=CCCN. The summed E-state index contributed by atoms with van der Waals surface area (Å²) in [6.45, 7) is 0.526. The van der Waals surface area contributed by atoms with Gasteiger partial charge in [0.15, 0.2) is 0 Å². The molecule has 0 atom stereocenters. The Morgan fingerprint density at radius 3 is 2.91 bits per heavy atom. The van der Waals surface area contributed by atoms with Crippen LogP contribution in [0.3, 0.4) is 0 Å². The number of carbonyl (C=O) groups excluding carboxylic acids is 1. The van der Waals surface area contributed by atoms with Crippen LogP contribution in [0.25, 0.3) is 0 Å². The molecule has 5 nitrogen and oxygen atoms in total. The van der Waals surface area contributed by atoms with E-state index < -0.39 is 6.09 Å². The Labute approximate surface area is 65.8 Å². The van der Waals surface area contributed by atoms with Crippen molar-refractivity contribution in [3.63, 3.8) is 0 Å². The van der Waals surface area contributed by atoms with E-state index in [9.17, 15) is 4.79 Å². The average molecular weight is 159 g/mol. The Morgan fingerprint density at radius 1 is 1.82 bits per heavy atom. The molecule has 0 heterocycles. The molecular formula is C6H13N3O2. The topological polar surface area (TPSA) is 67.9 Å². The van der Waals surface area contributed by atoms with Crippen molar-refractivity contribution < 1.29 is 9.53 Å². The zero-order chi connectivity index (χ0) is 8.69. The Hall–Kier alpha value is -1.10. The van der Waals surface area contributed by atoms with Crippen LogP contribution in [0.2, 0.25) is 0 Å². The van der Waals surface area contributed by atoms with E-state index >= 15 is 0 Å². The minimum Gasteiger partial charge on any atom is -0.451 e. The number of nitrogens with two attached hydrogens (primary N) is 1. The lowest BCUT2D eigenvalue weighted by atomic mass is 10.5. The standard InChI is InChI=1S/C6H13N3O2/c1-9(6(10)11-2)8-5-3-4-7/h5H,3-4,7H2,1-2H3. The largest absolute Gasteiger partial charge is 0.451 e. The third-order valence-corrected chi connectivity index (χ3v) is 0.989. The molecule has 0 unspecified atom stereocenters. The number of ether oxygens (including phenoxy) is 1. The number of carbonyl (C=O) groups is 1. The Morgan fingerprint density at radius 2 is 2.45 bits per heavy atom. The zero-order valence-corrected chi connectivity index (χ0v) is 6.78. The van der Waals surface area contributed by atoms with Crippen LogP contribution in [0.5, 0.6) is 0 Å². The highest BCUT2D eigenvalue weighted by atomic mass is 16.5. The number of rotatable bonds is 3. The maximum Gasteiger partial charge on any atom is 0.429 e. The smallest absolute Gasteiger partial charge is 0.429 e. The van der Waals surface area contributed by atoms with Crippen molar-refractivity contribution in [3.05, 3.63) is 0 Å². The van der Waals surface area contributed by atoms with Gasteiger partial charge >= 0.3 is 6.09 Å². The fourth-order valence-corrected chi connectivity index (χ4v) is 0.434. The van der Waals surface area contributed by atoms with Gasteiger partial charge in [-0.2, -0.15) is 5.10 Å². The van der Waals surface area contributed by atoms with Gasteiger partial charge in [-0.15, -0.1) is 0 Å². The van der Waals surface area contributed by atoms with Gasteiger partial charge in [0.1, 0.15) is 0 Å². The monoisotopic (exact) mass is 159 g/mol. The van der Waals surface area contributed by atoms with Crippen LogP contribution in [0.15, 0.2) is 5.10 Å². The molecule has 0 radical (unpaired) electrons. The average Bonchev–Trinajstić information content (AvgIpc) is 2.03. The van der Waals surface area contributed by atoms with E-state index in [2.05, 4.69) is 9.84 Å². The first-order valence-corrected chi connectivity index (χ1v) is 3.26. The summed E-state index contributed by atoms with van der Waals surface area (Å²) >= 11 is 0. The highest BCUT2D eigenvalue weighted by Crippen LogP contribution is 1.87. The molecule has 0 aromatic carbocycles. The summed E-state index contributed by atoms with van der Waals surface area (Å²) in [6, 6.07) is 0. The van der Waals surface area contributed by atoms with Gasteiger partial charge < -0.3 is 10.5 Å². The molecule has 0 fully saturated rings. The quantitative estimate of drug-likeness (QED) is 0.466. The van der Waals surface area contributed by atoms with E-state index in [-0.39, 0.29) is 0 Å². The second-order valence-corrected chi connectivity index (χ2v) is 1.87. The van der Waals surface area contributed by atoms with Crippen molar-refractivity contribution >= 4 is 12.3 Å². The Balaban J connectivity index is 3.66. The summed E-state index contributed by atoms with van der Waals surface area (Å²) < 4.78 is 4.38. The van der Waals surface area contributed by atoms with Crippen molar-refractivity contribution in [3.8, 4) is 0 Å². The molecule has 0 aliphatic rings. The predicted octanol–water partition coefficient (Wildman–Crippen LogP) is 0.0192. The molecule has 5 heteroatoms. The molecule has 0 bridgehead atoms. The summed E-state index contributed by atoms with van der Waals surface area (Å²) in [4.78, 5) is 10.7. The van der Waals surface area contributed by atoms with E-state index in [1.54, 1.807) is 6.21 Å². The van der Waals surface area contributed by atoms with Crippen molar-refractivity contribution in [2.75, 3.05) is 20.7 Å². The summed E-state index contributed by atoms with van der Waals surface area (Å²) in [5.41, 5.74) is 5.20. The van der Waals surface area contributed by atoms with E-state index in [0.717, 1.165) is 5.01 Å². The van der Waals surface area contributed by atoms with Crippen LogP contribution in [-0.2, 0) is 4.74 Å². The van der Waals surface area contributed by atoms with Crippen molar-refractivity contribution in [1.29, 1.82) is 0 Å². The van der Waals surface area contributed by atoms with Gasteiger partial charge in [-0.05, 0) is 13.0 Å². The Bertz CT molecular complexity index is 147. The summed E-state index contributed by atoms with van der Waals surface area (Å²) in [7, 11) is 2.82. The second kappa shape index (κ2) is 5.67. The molecule has 1 amide bonds. The molecule has 64 valence electrons. The molecule has 0 aromatic rings. The van der Waals surface area contributed by atoms with E-state index in [4.69, 9.17) is 5.73 Å². The molecular weight excluding hydrogens is 146 g/mol. The van der Waals surface area contributed by atoms with Gasteiger partial charge in [-0.3, -0.25) is 0 Å². The third kappa shape index (κ3) is 4.32. The second-order valence-electron chi connectivity index (χ2n) is 1.87. The van der Waals surface area contributed by atoms with Gasteiger partial charge in [-0.1, -0.05) is 0 Å². The molecule has 0 saturated carbocycles. The number of hydrogen-bond donors (Lipinski definition) is 1. The van der Waals surface area contributed by atoms with Gasteiger partial charge in [0.2, 0.25) is 0 Å². The summed E-state index contributed by atoms with van der Waals surface area (Å²) in [6.07, 6.45) is 1.73. The molecule has 0 aliphatic heterocycles. The maximum absolute atomic E-state index is 10.7. The van der Waals surface area contributed by atoms with Crippen LogP contribution >= 0.6 is 0 Å². The summed E-state index contributed by atoms with van der Waals surface area (Å²) in [5, 5.41) is 4.85. The normalized spacial score (nSPS) is 10.1. The first-order valence-electron chi connectivity index (χ1n) is 3.26. The Kier molecular flexibility index (Phi) is 5.10. The lowest BCUT2D eigenvalue weighted by Crippen LogP contribution is -2.20. The molecule has 0 spiro atoms. The fraction of sp³-hybridized carbons (Fsp3) is 0.667. The van der Waals surface area contributed by atoms with Crippen molar-refractivity contribution in [2.45, 2.75) is 6.42 Å². The molecule has 0 saturated heterocycles. The highest BCUT2D eigenvalue weighted by Gasteiger charge is 2.03. The maximum atomic E-state index is 10.7. The van der Waals surface area contributed by atoms with Crippen LogP contribution in [0.4, 0.5) is 4.79 Å². The number of nitrogens with zero attached hydrogens (tertiary/aromatic N) is 2. The molecule has 2 N–H and O–H groups in total. The molecule has 0 aromatic heterocycles.